The van der Waals surface area contributed by atoms with Crippen LogP contribution in [-0.2, 0) is 11.4 Å². The number of allylic oxidation sites excluding steroid dienone is 1. The zero-order chi connectivity index (χ0) is 17.4. The number of benzene rings is 1. The minimum atomic E-state index is 0.423. The molecule has 5 nitrogen and oxygen atoms in total. The van der Waals surface area contributed by atoms with Gasteiger partial charge >= 0.3 is 0 Å². The van der Waals surface area contributed by atoms with Gasteiger partial charge in [-0.15, -0.1) is 11.3 Å². The number of thiazole rings is 1. The summed E-state index contributed by atoms with van der Waals surface area (Å²) in [6, 6.07) is 3.98. The number of hydrogen-bond acceptors (Lipinski definition) is 6. The van der Waals surface area contributed by atoms with Crippen molar-refractivity contribution in [3.8, 4) is 11.5 Å². The first-order chi connectivity index (χ1) is 11.6. The highest BCUT2D eigenvalue weighted by atomic mass is 32.1. The molecule has 0 spiro atoms. The van der Waals surface area contributed by atoms with Crippen LogP contribution in [0.25, 0.3) is 0 Å². The van der Waals surface area contributed by atoms with Crippen molar-refractivity contribution in [1.82, 2.24) is 4.98 Å². The quantitative estimate of drug-likeness (QED) is 0.407. The van der Waals surface area contributed by atoms with Gasteiger partial charge in [-0.1, -0.05) is 17.3 Å². The van der Waals surface area contributed by atoms with Crippen molar-refractivity contribution in [2.24, 2.45) is 5.16 Å². The number of aromatic nitrogens is 1. The Hall–Kier alpha value is -2.34. The number of nitrogens with zero attached hydrogens (tertiary/aromatic N) is 2. The molecule has 6 heteroatoms. The van der Waals surface area contributed by atoms with Gasteiger partial charge in [0.2, 0.25) is 0 Å². The molecule has 0 saturated carbocycles. The maximum absolute atomic E-state index is 5.95. The van der Waals surface area contributed by atoms with Crippen LogP contribution in [0.1, 0.15) is 28.8 Å². The maximum atomic E-state index is 5.95. The van der Waals surface area contributed by atoms with Gasteiger partial charge in [-0.3, -0.25) is 0 Å². The van der Waals surface area contributed by atoms with Crippen molar-refractivity contribution in [2.75, 3.05) is 13.7 Å². The first kappa shape index (κ1) is 18.0. The molecule has 0 unspecified atom stereocenters. The van der Waals surface area contributed by atoms with Gasteiger partial charge in [0.05, 0.1) is 11.9 Å². The molecule has 1 heterocycles. The van der Waals surface area contributed by atoms with Crippen LogP contribution in [0.3, 0.4) is 0 Å². The van der Waals surface area contributed by atoms with E-state index >= 15 is 0 Å². The minimum absolute atomic E-state index is 0.423. The number of aryl methyl sites for hydroxylation is 2. The Morgan fingerprint density at radius 3 is 2.62 bits per heavy atom. The van der Waals surface area contributed by atoms with E-state index in [-0.39, 0.29) is 0 Å². The number of oxime groups is 1. The maximum Gasteiger partial charge on any atom is 0.140 e. The van der Waals surface area contributed by atoms with Crippen molar-refractivity contribution in [1.29, 1.82) is 0 Å². The number of ether oxygens (including phenoxy) is 2. The van der Waals surface area contributed by atoms with Crippen molar-refractivity contribution in [3.63, 3.8) is 0 Å². The Morgan fingerprint density at radius 1 is 1.21 bits per heavy atom. The molecule has 1 aromatic carbocycles. The molecule has 0 aliphatic heterocycles. The van der Waals surface area contributed by atoms with E-state index in [0.717, 1.165) is 33.3 Å². The molecule has 24 heavy (non-hydrogen) atoms. The molecule has 2 rings (SSSR count). The van der Waals surface area contributed by atoms with Crippen molar-refractivity contribution in [3.05, 3.63) is 51.5 Å². The third-order valence-electron chi connectivity index (χ3n) is 3.22. The van der Waals surface area contributed by atoms with E-state index in [1.54, 1.807) is 6.21 Å². The monoisotopic (exact) mass is 346 g/mol. The van der Waals surface area contributed by atoms with E-state index in [2.05, 4.69) is 15.0 Å². The first-order valence-corrected chi connectivity index (χ1v) is 8.51. The van der Waals surface area contributed by atoms with E-state index in [4.69, 9.17) is 9.47 Å². The molecule has 0 N–H and O–H groups in total. The minimum Gasteiger partial charge on any atom is -0.490 e. The summed E-state index contributed by atoms with van der Waals surface area (Å²) in [6.45, 7) is 7.00. The fourth-order valence-corrected chi connectivity index (χ4v) is 2.81. The molecule has 128 valence electrons. The van der Waals surface area contributed by atoms with Crippen LogP contribution in [-0.4, -0.2) is 24.9 Å². The predicted octanol–water partition coefficient (Wildman–Crippen LogP) is 4.27. The van der Waals surface area contributed by atoms with Crippen molar-refractivity contribution < 1.29 is 14.3 Å². The average Bonchev–Trinajstić information content (AvgIpc) is 3.00. The molecular formula is C18H22N2O3S. The fraction of sp³-hybridized carbons (Fsp3) is 0.333. The molecule has 0 atom stereocenters. The Kier molecular flexibility index (Phi) is 6.81. The van der Waals surface area contributed by atoms with Crippen LogP contribution in [0.15, 0.2) is 34.8 Å². The first-order valence-electron chi connectivity index (χ1n) is 7.63. The molecule has 0 bridgehead atoms. The second kappa shape index (κ2) is 9.08. The molecule has 0 amide bonds. The van der Waals surface area contributed by atoms with Crippen molar-refractivity contribution in [2.45, 2.75) is 27.4 Å². The number of hydrogen-bond donors (Lipinski definition) is 0. The largest absolute Gasteiger partial charge is 0.490 e. The molecule has 0 fully saturated rings. The van der Waals surface area contributed by atoms with Gasteiger partial charge < -0.3 is 14.3 Å². The smallest absolute Gasteiger partial charge is 0.140 e. The van der Waals surface area contributed by atoms with Gasteiger partial charge in [0, 0.05) is 5.38 Å². The normalized spacial score (nSPS) is 11.3. The summed E-state index contributed by atoms with van der Waals surface area (Å²) in [4.78, 5) is 9.07. The lowest BCUT2D eigenvalue weighted by atomic mass is 10.1. The lowest BCUT2D eigenvalue weighted by Gasteiger charge is -2.13. The van der Waals surface area contributed by atoms with Gasteiger partial charge in [-0.05, 0) is 44.0 Å². The molecule has 1 aromatic heterocycles. The summed E-state index contributed by atoms with van der Waals surface area (Å²) in [5.41, 5.74) is 2.85. The molecular weight excluding hydrogens is 324 g/mol. The van der Waals surface area contributed by atoms with Crippen LogP contribution in [0.5, 0.6) is 11.5 Å². The zero-order valence-electron chi connectivity index (χ0n) is 14.4. The van der Waals surface area contributed by atoms with E-state index in [9.17, 15) is 0 Å². The average molecular weight is 346 g/mol. The van der Waals surface area contributed by atoms with Crippen LogP contribution < -0.4 is 9.47 Å². The van der Waals surface area contributed by atoms with Gasteiger partial charge in [0.1, 0.15) is 36.8 Å². The van der Waals surface area contributed by atoms with Gasteiger partial charge in [0.15, 0.2) is 0 Å². The lowest BCUT2D eigenvalue weighted by Crippen LogP contribution is -2.01. The highest BCUT2D eigenvalue weighted by Gasteiger charge is 2.09. The molecule has 0 aliphatic rings. The second-order valence-corrected chi connectivity index (χ2v) is 6.08. The Bertz CT molecular complexity index is 700. The highest BCUT2D eigenvalue weighted by Crippen LogP contribution is 2.29. The van der Waals surface area contributed by atoms with E-state index in [1.165, 1.54) is 18.4 Å². The standard InChI is InChI=1S/C18H22N2O3S/c1-5-6-7-22-16-8-13(2)18(14(3)9-16)23-11-17-20-15(12-24-17)10-19-21-4/h5-6,8-10,12H,7,11H2,1-4H3/b6-5+,19-10?. The van der Waals surface area contributed by atoms with Crippen LogP contribution in [0.4, 0.5) is 0 Å². The third kappa shape index (κ3) is 5.09. The summed E-state index contributed by atoms with van der Waals surface area (Å²) >= 11 is 1.53. The predicted molar refractivity (Wildman–Crippen MR) is 97.3 cm³/mol. The van der Waals surface area contributed by atoms with Crippen LogP contribution >= 0.6 is 11.3 Å². The molecule has 0 saturated heterocycles. The van der Waals surface area contributed by atoms with Crippen molar-refractivity contribution >= 4 is 17.6 Å². The Balaban J connectivity index is 2.01. The molecule has 0 aliphatic carbocycles. The van der Waals surface area contributed by atoms with Crippen LogP contribution in [0, 0.1) is 13.8 Å². The Morgan fingerprint density at radius 2 is 1.96 bits per heavy atom. The van der Waals surface area contributed by atoms with Gasteiger partial charge in [0.25, 0.3) is 0 Å². The van der Waals surface area contributed by atoms with E-state index < -0.39 is 0 Å². The lowest BCUT2D eigenvalue weighted by molar-refractivity contribution is 0.215. The third-order valence-corrected chi connectivity index (χ3v) is 4.06. The van der Waals surface area contributed by atoms with Gasteiger partial charge in [-0.2, -0.15) is 0 Å². The van der Waals surface area contributed by atoms with E-state index in [1.807, 2.05) is 50.4 Å². The molecule has 2 aromatic rings. The summed E-state index contributed by atoms with van der Waals surface area (Å²) in [5.74, 6) is 1.72. The summed E-state index contributed by atoms with van der Waals surface area (Å²) < 4.78 is 11.6. The highest BCUT2D eigenvalue weighted by molar-refractivity contribution is 7.09. The SMILES string of the molecule is C/C=C/COc1cc(C)c(OCc2nc(C=NOC)cs2)c(C)c1. The second-order valence-electron chi connectivity index (χ2n) is 5.14. The Labute approximate surface area is 146 Å². The summed E-state index contributed by atoms with van der Waals surface area (Å²) in [5, 5.41) is 6.51. The van der Waals surface area contributed by atoms with Gasteiger partial charge in [-0.25, -0.2) is 4.98 Å². The zero-order valence-corrected chi connectivity index (χ0v) is 15.2. The summed E-state index contributed by atoms with van der Waals surface area (Å²) in [6.07, 6.45) is 5.52. The fourth-order valence-electron chi connectivity index (χ4n) is 2.15. The topological polar surface area (TPSA) is 52.9 Å². The molecule has 0 radical (unpaired) electrons. The van der Waals surface area contributed by atoms with E-state index in [0.29, 0.717) is 13.2 Å². The van der Waals surface area contributed by atoms with Crippen LogP contribution in [0.2, 0.25) is 0 Å². The summed E-state index contributed by atoms with van der Waals surface area (Å²) in [7, 11) is 1.50. The number of rotatable bonds is 8.